The molecule has 1 heterocycles. The minimum absolute atomic E-state index is 0.0387. The molecule has 2 N–H and O–H groups in total. The van der Waals surface area contributed by atoms with E-state index in [0.29, 0.717) is 17.9 Å². The molecule has 6 heteroatoms. The van der Waals surface area contributed by atoms with Gasteiger partial charge < -0.3 is 20.3 Å². The van der Waals surface area contributed by atoms with E-state index in [4.69, 9.17) is 9.73 Å². The number of amides is 1. The van der Waals surface area contributed by atoms with Crippen LogP contribution in [0.15, 0.2) is 29.3 Å². The largest absolute Gasteiger partial charge is 0.484 e. The van der Waals surface area contributed by atoms with Crippen LogP contribution in [0.5, 0.6) is 5.75 Å². The van der Waals surface area contributed by atoms with Crippen LogP contribution in [0.25, 0.3) is 0 Å². The van der Waals surface area contributed by atoms with Crippen molar-refractivity contribution < 1.29 is 9.53 Å². The molecule has 0 aromatic heterocycles. The molecule has 1 aliphatic carbocycles. The highest BCUT2D eigenvalue weighted by Gasteiger charge is 2.24. The fourth-order valence-corrected chi connectivity index (χ4v) is 3.95. The SMILES string of the molecule is CCNC(=NCCc1ccc(OCC(=O)NC2CC2)cc1)N1CC(C)CC(C)C1. The number of benzene rings is 1. The van der Waals surface area contributed by atoms with Crippen molar-refractivity contribution in [2.75, 3.05) is 32.8 Å². The number of likely N-dealkylation sites (tertiary alicyclic amines) is 1. The zero-order chi connectivity index (χ0) is 20.6. The van der Waals surface area contributed by atoms with Crippen molar-refractivity contribution in [2.24, 2.45) is 16.8 Å². The van der Waals surface area contributed by atoms with Gasteiger partial charge in [-0.25, -0.2) is 0 Å². The predicted molar refractivity (Wildman–Crippen MR) is 117 cm³/mol. The second kappa shape index (κ2) is 10.5. The fourth-order valence-electron chi connectivity index (χ4n) is 3.95. The lowest BCUT2D eigenvalue weighted by atomic mass is 9.92. The Morgan fingerprint density at radius 3 is 2.48 bits per heavy atom. The van der Waals surface area contributed by atoms with Gasteiger partial charge in [-0.05, 0) is 62.1 Å². The second-order valence-electron chi connectivity index (χ2n) is 8.61. The number of hydrogen-bond donors (Lipinski definition) is 2. The summed E-state index contributed by atoms with van der Waals surface area (Å²) in [5.41, 5.74) is 1.22. The van der Waals surface area contributed by atoms with Crippen LogP contribution in [0.3, 0.4) is 0 Å². The van der Waals surface area contributed by atoms with Crippen LogP contribution in [-0.2, 0) is 11.2 Å². The lowest BCUT2D eigenvalue weighted by Gasteiger charge is -2.37. The third kappa shape index (κ3) is 7.26. The minimum atomic E-state index is -0.0387. The standard InChI is InChI=1S/C23H36N4O2/c1-4-24-23(27-14-17(2)13-18(3)15-27)25-12-11-19-5-9-21(10-6-19)29-16-22(28)26-20-7-8-20/h5-6,9-10,17-18,20H,4,7-8,11-16H2,1-3H3,(H,24,25)(H,26,28). The average Bonchev–Trinajstić information content (AvgIpc) is 3.50. The summed E-state index contributed by atoms with van der Waals surface area (Å²) in [4.78, 5) is 19.0. The number of carbonyl (C=O) groups is 1. The molecule has 1 saturated heterocycles. The zero-order valence-corrected chi connectivity index (χ0v) is 18.1. The van der Waals surface area contributed by atoms with E-state index in [9.17, 15) is 4.79 Å². The topological polar surface area (TPSA) is 66.0 Å². The number of guanidine groups is 1. The molecular formula is C23H36N4O2. The highest BCUT2D eigenvalue weighted by Crippen LogP contribution is 2.21. The van der Waals surface area contributed by atoms with Gasteiger partial charge in [0.25, 0.3) is 5.91 Å². The molecule has 2 aliphatic rings. The Labute approximate surface area is 175 Å². The van der Waals surface area contributed by atoms with E-state index in [1.807, 2.05) is 12.1 Å². The van der Waals surface area contributed by atoms with Crippen molar-refractivity contribution in [3.05, 3.63) is 29.8 Å². The third-order valence-corrected chi connectivity index (χ3v) is 5.40. The first-order valence-corrected chi connectivity index (χ1v) is 11.1. The molecule has 0 radical (unpaired) electrons. The van der Waals surface area contributed by atoms with Gasteiger partial charge in [-0.15, -0.1) is 0 Å². The van der Waals surface area contributed by atoms with Crippen LogP contribution in [0.2, 0.25) is 0 Å². The highest BCUT2D eigenvalue weighted by molar-refractivity contribution is 5.80. The van der Waals surface area contributed by atoms with E-state index < -0.39 is 0 Å². The van der Waals surface area contributed by atoms with E-state index in [2.05, 4.69) is 48.4 Å². The van der Waals surface area contributed by atoms with Crippen molar-refractivity contribution in [3.8, 4) is 5.75 Å². The molecule has 6 nitrogen and oxygen atoms in total. The van der Waals surface area contributed by atoms with E-state index in [0.717, 1.165) is 57.2 Å². The van der Waals surface area contributed by atoms with E-state index in [-0.39, 0.29) is 12.5 Å². The molecule has 2 fully saturated rings. The monoisotopic (exact) mass is 400 g/mol. The Morgan fingerprint density at radius 2 is 1.86 bits per heavy atom. The summed E-state index contributed by atoms with van der Waals surface area (Å²) >= 11 is 0. The number of ether oxygens (including phenoxy) is 1. The first-order valence-electron chi connectivity index (χ1n) is 11.1. The van der Waals surface area contributed by atoms with Crippen LogP contribution in [-0.4, -0.2) is 55.6 Å². The molecule has 1 aliphatic heterocycles. The van der Waals surface area contributed by atoms with Crippen molar-refractivity contribution in [1.82, 2.24) is 15.5 Å². The normalized spacial score (nSPS) is 22.3. The third-order valence-electron chi connectivity index (χ3n) is 5.40. The first kappa shape index (κ1) is 21.5. The molecule has 1 amide bonds. The van der Waals surface area contributed by atoms with Crippen molar-refractivity contribution in [2.45, 2.75) is 52.5 Å². The van der Waals surface area contributed by atoms with Gasteiger partial charge in [0.05, 0.1) is 0 Å². The Balaban J connectivity index is 1.46. The second-order valence-corrected chi connectivity index (χ2v) is 8.61. The Hall–Kier alpha value is -2.24. The van der Waals surface area contributed by atoms with Gasteiger partial charge in [-0.3, -0.25) is 9.79 Å². The molecule has 29 heavy (non-hydrogen) atoms. The molecule has 0 spiro atoms. The number of hydrogen-bond acceptors (Lipinski definition) is 3. The van der Waals surface area contributed by atoms with E-state index in [1.54, 1.807) is 0 Å². The van der Waals surface area contributed by atoms with Crippen LogP contribution < -0.4 is 15.4 Å². The summed E-state index contributed by atoms with van der Waals surface area (Å²) in [7, 11) is 0. The molecule has 2 unspecified atom stereocenters. The van der Waals surface area contributed by atoms with Crippen LogP contribution >= 0.6 is 0 Å². The van der Waals surface area contributed by atoms with Gasteiger partial charge in [0.2, 0.25) is 0 Å². The number of carbonyl (C=O) groups excluding carboxylic acids is 1. The summed E-state index contributed by atoms with van der Waals surface area (Å²) in [5, 5.41) is 6.38. The quantitative estimate of drug-likeness (QED) is 0.520. The number of aliphatic imine (C=N–C) groups is 1. The zero-order valence-electron chi connectivity index (χ0n) is 18.1. The number of nitrogens with one attached hydrogen (secondary N) is 2. The molecule has 1 aromatic carbocycles. The lowest BCUT2D eigenvalue weighted by molar-refractivity contribution is -0.123. The average molecular weight is 401 g/mol. The maximum absolute atomic E-state index is 11.7. The lowest BCUT2D eigenvalue weighted by Crippen LogP contribution is -2.48. The molecule has 3 rings (SSSR count). The molecular weight excluding hydrogens is 364 g/mol. The predicted octanol–water partition coefficient (Wildman–Crippen LogP) is 2.83. The summed E-state index contributed by atoms with van der Waals surface area (Å²) in [5.74, 6) is 3.14. The molecule has 2 atom stereocenters. The molecule has 0 bridgehead atoms. The Morgan fingerprint density at radius 1 is 1.17 bits per heavy atom. The smallest absolute Gasteiger partial charge is 0.258 e. The van der Waals surface area contributed by atoms with Gasteiger partial charge in [0, 0.05) is 32.2 Å². The van der Waals surface area contributed by atoms with Gasteiger partial charge >= 0.3 is 0 Å². The Bertz CT molecular complexity index is 675. The summed E-state index contributed by atoms with van der Waals surface area (Å²) < 4.78 is 5.57. The first-order chi connectivity index (χ1) is 14.0. The van der Waals surface area contributed by atoms with Gasteiger partial charge in [-0.1, -0.05) is 26.0 Å². The van der Waals surface area contributed by atoms with Crippen LogP contribution in [0, 0.1) is 11.8 Å². The van der Waals surface area contributed by atoms with Crippen molar-refractivity contribution >= 4 is 11.9 Å². The Kier molecular flexibility index (Phi) is 7.78. The fraction of sp³-hybridized carbons (Fsp3) is 0.652. The number of piperidine rings is 1. The molecule has 1 saturated carbocycles. The van der Waals surface area contributed by atoms with Gasteiger partial charge in [0.1, 0.15) is 5.75 Å². The van der Waals surface area contributed by atoms with Crippen LogP contribution in [0.4, 0.5) is 0 Å². The van der Waals surface area contributed by atoms with E-state index >= 15 is 0 Å². The summed E-state index contributed by atoms with van der Waals surface area (Å²) in [6, 6.07) is 8.35. The minimum Gasteiger partial charge on any atom is -0.484 e. The van der Waals surface area contributed by atoms with Crippen LogP contribution in [0.1, 0.15) is 45.6 Å². The van der Waals surface area contributed by atoms with Gasteiger partial charge in [0.15, 0.2) is 12.6 Å². The highest BCUT2D eigenvalue weighted by atomic mass is 16.5. The molecule has 1 aromatic rings. The number of nitrogens with zero attached hydrogens (tertiary/aromatic N) is 2. The maximum atomic E-state index is 11.7. The van der Waals surface area contributed by atoms with Crippen molar-refractivity contribution in [1.29, 1.82) is 0 Å². The van der Waals surface area contributed by atoms with Crippen molar-refractivity contribution in [3.63, 3.8) is 0 Å². The summed E-state index contributed by atoms with van der Waals surface area (Å²) in [6.45, 7) is 10.7. The maximum Gasteiger partial charge on any atom is 0.258 e. The summed E-state index contributed by atoms with van der Waals surface area (Å²) in [6.07, 6.45) is 4.37. The molecule has 160 valence electrons. The van der Waals surface area contributed by atoms with E-state index in [1.165, 1.54) is 12.0 Å². The number of rotatable bonds is 8. The van der Waals surface area contributed by atoms with Gasteiger partial charge in [-0.2, -0.15) is 0 Å².